The molecule has 1 atom stereocenters. The monoisotopic (exact) mass is 418 g/mol. The van der Waals surface area contributed by atoms with E-state index < -0.39 is 16.1 Å². The van der Waals surface area contributed by atoms with Crippen molar-refractivity contribution in [2.24, 2.45) is 0 Å². The van der Waals surface area contributed by atoms with Crippen molar-refractivity contribution in [3.8, 4) is 5.75 Å². The smallest absolute Gasteiger partial charge is 0.265 e. The predicted octanol–water partition coefficient (Wildman–Crippen LogP) is 4.13. The second-order valence-electron chi connectivity index (χ2n) is 6.82. The van der Waals surface area contributed by atoms with Crippen molar-refractivity contribution in [3.63, 3.8) is 0 Å². The van der Waals surface area contributed by atoms with E-state index in [0.29, 0.717) is 30.9 Å². The van der Waals surface area contributed by atoms with E-state index in [4.69, 9.17) is 4.74 Å². The Balaban J connectivity index is 2.12. The Bertz CT molecular complexity index is 936. The first-order chi connectivity index (χ1) is 13.7. The Morgan fingerprint density at radius 3 is 2.21 bits per heavy atom. The minimum atomic E-state index is -3.52. The summed E-state index contributed by atoms with van der Waals surface area (Å²) in [7, 11) is -3.52. The molecule has 0 fully saturated rings. The van der Waals surface area contributed by atoms with Gasteiger partial charge >= 0.3 is 0 Å². The Morgan fingerprint density at radius 2 is 1.66 bits per heavy atom. The van der Waals surface area contributed by atoms with Crippen molar-refractivity contribution >= 4 is 21.6 Å². The van der Waals surface area contributed by atoms with Crippen molar-refractivity contribution in [1.82, 2.24) is 4.31 Å². The maximum atomic E-state index is 12.7. The third-order valence-corrected chi connectivity index (χ3v) is 7.02. The lowest BCUT2D eigenvalue weighted by atomic mass is 10.1. The molecule has 0 aromatic heterocycles. The molecular weight excluding hydrogens is 388 g/mol. The summed E-state index contributed by atoms with van der Waals surface area (Å²) in [6.45, 7) is 10.3. The van der Waals surface area contributed by atoms with Crippen LogP contribution in [0.15, 0.2) is 47.4 Å². The van der Waals surface area contributed by atoms with Crippen LogP contribution in [0.5, 0.6) is 5.75 Å². The molecule has 29 heavy (non-hydrogen) atoms. The zero-order valence-electron chi connectivity index (χ0n) is 17.7. The summed E-state index contributed by atoms with van der Waals surface area (Å²) in [4.78, 5) is 12.9. The number of sulfonamides is 1. The van der Waals surface area contributed by atoms with Crippen LogP contribution in [0.4, 0.5) is 5.69 Å². The Kier molecular flexibility index (Phi) is 7.81. The van der Waals surface area contributed by atoms with Gasteiger partial charge in [-0.15, -0.1) is 0 Å². The summed E-state index contributed by atoms with van der Waals surface area (Å²) in [6, 6.07) is 12.0. The second kappa shape index (κ2) is 9.89. The number of hydrogen-bond acceptors (Lipinski definition) is 4. The van der Waals surface area contributed by atoms with Gasteiger partial charge < -0.3 is 10.1 Å². The topological polar surface area (TPSA) is 75.7 Å². The van der Waals surface area contributed by atoms with Crippen molar-refractivity contribution < 1.29 is 17.9 Å². The molecule has 2 rings (SSSR count). The zero-order chi connectivity index (χ0) is 21.6. The fourth-order valence-corrected chi connectivity index (χ4v) is 4.43. The molecule has 2 aromatic rings. The van der Waals surface area contributed by atoms with Gasteiger partial charge in [0, 0.05) is 18.8 Å². The van der Waals surface area contributed by atoms with E-state index in [0.717, 1.165) is 11.1 Å². The highest BCUT2D eigenvalue weighted by molar-refractivity contribution is 7.89. The van der Waals surface area contributed by atoms with Crippen LogP contribution in [0.25, 0.3) is 0 Å². The van der Waals surface area contributed by atoms with Gasteiger partial charge in [0.2, 0.25) is 10.0 Å². The van der Waals surface area contributed by atoms with Crippen LogP contribution in [0, 0.1) is 13.8 Å². The van der Waals surface area contributed by atoms with Crippen LogP contribution >= 0.6 is 0 Å². The van der Waals surface area contributed by atoms with Gasteiger partial charge in [0.1, 0.15) is 5.75 Å². The fraction of sp³-hybridized carbons (Fsp3) is 0.409. The van der Waals surface area contributed by atoms with Gasteiger partial charge in [0.05, 0.1) is 4.90 Å². The molecule has 0 heterocycles. The van der Waals surface area contributed by atoms with E-state index in [1.807, 2.05) is 39.0 Å². The summed E-state index contributed by atoms with van der Waals surface area (Å²) >= 11 is 0. The molecule has 0 aliphatic rings. The first kappa shape index (κ1) is 22.9. The van der Waals surface area contributed by atoms with Crippen LogP contribution in [0.3, 0.4) is 0 Å². The number of anilines is 1. The zero-order valence-corrected chi connectivity index (χ0v) is 18.5. The Hall–Kier alpha value is -2.38. The van der Waals surface area contributed by atoms with E-state index in [1.165, 1.54) is 16.4 Å². The average molecular weight is 419 g/mol. The van der Waals surface area contributed by atoms with E-state index >= 15 is 0 Å². The van der Waals surface area contributed by atoms with Gasteiger partial charge in [-0.3, -0.25) is 4.79 Å². The Morgan fingerprint density at radius 1 is 1.03 bits per heavy atom. The van der Waals surface area contributed by atoms with Gasteiger partial charge in [-0.25, -0.2) is 8.42 Å². The maximum Gasteiger partial charge on any atom is 0.265 e. The number of nitrogens with one attached hydrogen (secondary N) is 1. The largest absolute Gasteiger partial charge is 0.480 e. The molecule has 0 saturated heterocycles. The predicted molar refractivity (Wildman–Crippen MR) is 116 cm³/mol. The molecule has 0 unspecified atom stereocenters. The highest BCUT2D eigenvalue weighted by Gasteiger charge is 2.22. The standard InChI is InChI=1S/C22H30N2O4S/c1-6-20(28-21-11-9-10-16(4)17(21)5)22(25)23-18-12-14-19(15-13-18)29(26,27)24(7-2)8-3/h9-15,20H,6-8H2,1-5H3,(H,23,25)/t20-/m1/s1. The van der Waals surface area contributed by atoms with E-state index in [2.05, 4.69) is 5.32 Å². The quantitative estimate of drug-likeness (QED) is 0.664. The number of hydrogen-bond donors (Lipinski definition) is 1. The number of carbonyl (C=O) groups is 1. The molecule has 0 aliphatic carbocycles. The SMILES string of the molecule is CC[C@@H](Oc1cccc(C)c1C)C(=O)Nc1ccc(S(=O)(=O)N(CC)CC)cc1. The van der Waals surface area contributed by atoms with Crippen molar-refractivity contribution in [2.75, 3.05) is 18.4 Å². The molecule has 0 radical (unpaired) electrons. The molecule has 2 aromatic carbocycles. The molecule has 0 bridgehead atoms. The fourth-order valence-electron chi connectivity index (χ4n) is 2.97. The molecule has 7 heteroatoms. The molecule has 158 valence electrons. The summed E-state index contributed by atoms with van der Waals surface area (Å²) < 4.78 is 32.5. The average Bonchev–Trinajstić information content (AvgIpc) is 2.70. The third-order valence-electron chi connectivity index (χ3n) is 4.95. The second-order valence-corrected chi connectivity index (χ2v) is 8.75. The number of carbonyl (C=O) groups excluding carboxylic acids is 1. The van der Waals surface area contributed by atoms with E-state index in [-0.39, 0.29) is 10.8 Å². The lowest BCUT2D eigenvalue weighted by Gasteiger charge is -2.20. The maximum absolute atomic E-state index is 12.7. The Labute approximate surface area is 173 Å². The molecule has 0 saturated carbocycles. The number of benzene rings is 2. The molecule has 6 nitrogen and oxygen atoms in total. The van der Waals surface area contributed by atoms with Gasteiger partial charge in [-0.05, 0) is 61.7 Å². The first-order valence-electron chi connectivity index (χ1n) is 9.88. The number of ether oxygens (including phenoxy) is 1. The van der Waals surface area contributed by atoms with Crippen LogP contribution in [0.1, 0.15) is 38.3 Å². The number of nitrogens with zero attached hydrogens (tertiary/aromatic N) is 1. The van der Waals surface area contributed by atoms with Gasteiger partial charge in [0.15, 0.2) is 6.10 Å². The van der Waals surface area contributed by atoms with Crippen molar-refractivity contribution in [3.05, 3.63) is 53.6 Å². The number of aryl methyl sites for hydroxylation is 1. The molecular formula is C22H30N2O4S. The van der Waals surface area contributed by atoms with Crippen molar-refractivity contribution in [2.45, 2.75) is 52.0 Å². The summed E-state index contributed by atoms with van der Waals surface area (Å²) in [5.41, 5.74) is 2.63. The number of rotatable bonds is 9. The summed E-state index contributed by atoms with van der Waals surface area (Å²) in [5, 5.41) is 2.81. The summed E-state index contributed by atoms with van der Waals surface area (Å²) in [6.07, 6.45) is -0.136. The van der Waals surface area contributed by atoms with Crippen LogP contribution in [-0.4, -0.2) is 37.8 Å². The van der Waals surface area contributed by atoms with Crippen LogP contribution in [-0.2, 0) is 14.8 Å². The highest BCUT2D eigenvalue weighted by Crippen LogP contribution is 2.23. The van der Waals surface area contributed by atoms with Crippen LogP contribution < -0.4 is 10.1 Å². The molecule has 1 amide bonds. The van der Waals surface area contributed by atoms with Crippen molar-refractivity contribution in [1.29, 1.82) is 0 Å². The highest BCUT2D eigenvalue weighted by atomic mass is 32.2. The molecule has 0 spiro atoms. The van der Waals surface area contributed by atoms with Gasteiger partial charge in [-0.1, -0.05) is 32.9 Å². The normalized spacial score (nSPS) is 12.6. The minimum absolute atomic E-state index is 0.206. The minimum Gasteiger partial charge on any atom is -0.480 e. The van der Waals surface area contributed by atoms with Gasteiger partial charge in [0.25, 0.3) is 5.91 Å². The van der Waals surface area contributed by atoms with Gasteiger partial charge in [-0.2, -0.15) is 4.31 Å². The van der Waals surface area contributed by atoms with E-state index in [9.17, 15) is 13.2 Å². The first-order valence-corrected chi connectivity index (χ1v) is 11.3. The van der Waals surface area contributed by atoms with E-state index in [1.54, 1.807) is 26.0 Å². The lowest BCUT2D eigenvalue weighted by Crippen LogP contribution is -2.32. The molecule has 0 aliphatic heterocycles. The molecule has 1 N–H and O–H groups in total. The third kappa shape index (κ3) is 5.36. The number of amides is 1. The van der Waals surface area contributed by atoms with Crippen LogP contribution in [0.2, 0.25) is 0 Å². The summed E-state index contributed by atoms with van der Waals surface area (Å²) in [5.74, 6) is 0.417. The lowest BCUT2D eigenvalue weighted by molar-refractivity contribution is -0.122.